The Bertz CT molecular complexity index is 1000. The quantitative estimate of drug-likeness (QED) is 0.675. The number of piperazine rings is 1. The van der Waals surface area contributed by atoms with Crippen molar-refractivity contribution in [1.82, 2.24) is 19.8 Å². The SMILES string of the molecule is O=C(C1CCN(Cc2nc3ccccc3[nH]2)CC1)N1CCN(c2ccc(Cl)cc2)CC1. The second-order valence-electron chi connectivity index (χ2n) is 8.54. The van der Waals surface area contributed by atoms with Gasteiger partial charge >= 0.3 is 0 Å². The number of imidazole rings is 1. The maximum absolute atomic E-state index is 13.1. The van der Waals surface area contributed by atoms with Gasteiger partial charge in [-0.05, 0) is 62.3 Å². The number of aromatic nitrogens is 2. The summed E-state index contributed by atoms with van der Waals surface area (Å²) >= 11 is 6.00. The van der Waals surface area contributed by atoms with Crippen molar-refractivity contribution in [2.45, 2.75) is 19.4 Å². The highest BCUT2D eigenvalue weighted by atomic mass is 35.5. The van der Waals surface area contributed by atoms with Gasteiger partial charge in [0.25, 0.3) is 0 Å². The Hall–Kier alpha value is -2.57. The molecule has 0 unspecified atom stereocenters. The molecule has 6 nitrogen and oxygen atoms in total. The normalized spacial score (nSPS) is 18.6. The minimum absolute atomic E-state index is 0.147. The molecule has 2 aromatic carbocycles. The van der Waals surface area contributed by atoms with E-state index in [-0.39, 0.29) is 5.92 Å². The fourth-order valence-electron chi connectivity index (χ4n) is 4.73. The molecule has 31 heavy (non-hydrogen) atoms. The van der Waals surface area contributed by atoms with E-state index < -0.39 is 0 Å². The van der Waals surface area contributed by atoms with E-state index in [0.29, 0.717) is 5.91 Å². The van der Waals surface area contributed by atoms with Crippen LogP contribution < -0.4 is 4.90 Å². The molecule has 2 saturated heterocycles. The highest BCUT2D eigenvalue weighted by molar-refractivity contribution is 6.30. The van der Waals surface area contributed by atoms with Crippen molar-refractivity contribution in [2.24, 2.45) is 5.92 Å². The van der Waals surface area contributed by atoms with Crippen LogP contribution in [-0.4, -0.2) is 64.9 Å². The Balaban J connectivity index is 1.10. The molecule has 7 heteroatoms. The van der Waals surface area contributed by atoms with Crippen LogP contribution in [-0.2, 0) is 11.3 Å². The molecule has 3 heterocycles. The van der Waals surface area contributed by atoms with E-state index in [1.165, 1.54) is 5.69 Å². The molecule has 3 aromatic rings. The van der Waals surface area contributed by atoms with Crippen molar-refractivity contribution < 1.29 is 4.79 Å². The molecule has 1 aromatic heterocycles. The number of nitrogens with zero attached hydrogens (tertiary/aromatic N) is 4. The number of benzene rings is 2. The molecular weight excluding hydrogens is 410 g/mol. The number of carbonyl (C=O) groups excluding carboxylic acids is 1. The van der Waals surface area contributed by atoms with E-state index in [1.54, 1.807) is 0 Å². The lowest BCUT2D eigenvalue weighted by Gasteiger charge is -2.39. The van der Waals surface area contributed by atoms with Gasteiger partial charge in [-0.1, -0.05) is 23.7 Å². The topological polar surface area (TPSA) is 55.5 Å². The monoisotopic (exact) mass is 437 g/mol. The zero-order valence-corrected chi connectivity index (χ0v) is 18.4. The van der Waals surface area contributed by atoms with Gasteiger partial charge in [0.2, 0.25) is 5.91 Å². The zero-order valence-electron chi connectivity index (χ0n) is 17.6. The van der Waals surface area contributed by atoms with E-state index >= 15 is 0 Å². The molecule has 1 amide bonds. The van der Waals surface area contributed by atoms with Gasteiger partial charge in [0.15, 0.2) is 0 Å². The Kier molecular flexibility index (Phi) is 5.83. The van der Waals surface area contributed by atoms with Crippen LogP contribution in [0.15, 0.2) is 48.5 Å². The summed E-state index contributed by atoms with van der Waals surface area (Å²) in [7, 11) is 0. The number of para-hydroxylation sites is 2. The summed E-state index contributed by atoms with van der Waals surface area (Å²) in [5.74, 6) is 1.48. The summed E-state index contributed by atoms with van der Waals surface area (Å²) in [4.78, 5) is 28.0. The smallest absolute Gasteiger partial charge is 0.225 e. The van der Waals surface area contributed by atoms with Gasteiger partial charge in [-0.3, -0.25) is 9.69 Å². The lowest BCUT2D eigenvalue weighted by molar-refractivity contribution is -0.137. The number of hydrogen-bond acceptors (Lipinski definition) is 4. The van der Waals surface area contributed by atoms with E-state index in [9.17, 15) is 4.79 Å². The van der Waals surface area contributed by atoms with Gasteiger partial charge in [-0.15, -0.1) is 0 Å². The molecule has 2 aliphatic rings. The summed E-state index contributed by atoms with van der Waals surface area (Å²) in [6.07, 6.45) is 1.85. The molecule has 0 radical (unpaired) electrons. The Morgan fingerprint density at radius 1 is 0.968 bits per heavy atom. The number of nitrogens with one attached hydrogen (secondary N) is 1. The molecule has 2 aliphatic heterocycles. The van der Waals surface area contributed by atoms with E-state index in [0.717, 1.165) is 80.5 Å². The molecule has 162 valence electrons. The molecule has 0 atom stereocenters. The fraction of sp³-hybridized carbons (Fsp3) is 0.417. The van der Waals surface area contributed by atoms with Gasteiger partial charge in [-0.2, -0.15) is 0 Å². The van der Waals surface area contributed by atoms with Crippen LogP contribution >= 0.6 is 11.6 Å². The van der Waals surface area contributed by atoms with Gasteiger partial charge in [0.1, 0.15) is 5.82 Å². The number of H-pyrrole nitrogens is 1. The molecule has 0 bridgehead atoms. The van der Waals surface area contributed by atoms with Crippen molar-refractivity contribution in [3.05, 3.63) is 59.4 Å². The number of hydrogen-bond donors (Lipinski definition) is 1. The first-order chi connectivity index (χ1) is 15.2. The third kappa shape index (κ3) is 4.55. The Labute approximate surface area is 187 Å². The van der Waals surface area contributed by atoms with Crippen molar-refractivity contribution in [3.63, 3.8) is 0 Å². The molecule has 2 fully saturated rings. The highest BCUT2D eigenvalue weighted by Gasteiger charge is 2.30. The number of halogens is 1. The van der Waals surface area contributed by atoms with Crippen molar-refractivity contribution in [3.8, 4) is 0 Å². The summed E-state index contributed by atoms with van der Waals surface area (Å²) in [6.45, 7) is 6.03. The molecule has 5 rings (SSSR count). The zero-order chi connectivity index (χ0) is 21.2. The van der Waals surface area contributed by atoms with Crippen LogP contribution in [0.1, 0.15) is 18.7 Å². The number of rotatable bonds is 4. The predicted molar refractivity (Wildman–Crippen MR) is 124 cm³/mol. The predicted octanol–water partition coefficient (Wildman–Crippen LogP) is 3.78. The van der Waals surface area contributed by atoms with Gasteiger partial charge in [0, 0.05) is 42.8 Å². The average Bonchev–Trinajstić information content (AvgIpc) is 3.22. The maximum Gasteiger partial charge on any atom is 0.225 e. The van der Waals surface area contributed by atoms with E-state index in [1.807, 2.05) is 30.3 Å². The van der Waals surface area contributed by atoms with Crippen molar-refractivity contribution in [1.29, 1.82) is 0 Å². The first-order valence-corrected chi connectivity index (χ1v) is 11.5. The number of aromatic amines is 1. The van der Waals surface area contributed by atoms with Crippen LogP contribution in [0.25, 0.3) is 11.0 Å². The Morgan fingerprint density at radius 2 is 1.68 bits per heavy atom. The summed E-state index contributed by atoms with van der Waals surface area (Å²) in [5, 5.41) is 0.754. The van der Waals surface area contributed by atoms with Crippen LogP contribution in [0.3, 0.4) is 0 Å². The van der Waals surface area contributed by atoms with Crippen LogP contribution in [0.4, 0.5) is 5.69 Å². The number of amides is 1. The first-order valence-electron chi connectivity index (χ1n) is 11.1. The lowest BCUT2D eigenvalue weighted by Crippen LogP contribution is -2.51. The van der Waals surface area contributed by atoms with Gasteiger partial charge < -0.3 is 14.8 Å². The van der Waals surface area contributed by atoms with E-state index in [4.69, 9.17) is 11.6 Å². The molecule has 1 N–H and O–H groups in total. The third-order valence-electron chi connectivity index (χ3n) is 6.53. The number of piperidine rings is 1. The second kappa shape index (κ2) is 8.89. The number of likely N-dealkylation sites (tertiary alicyclic amines) is 1. The summed E-state index contributed by atoms with van der Waals surface area (Å²) in [5.41, 5.74) is 3.27. The molecular formula is C24H28ClN5O. The van der Waals surface area contributed by atoms with Crippen LogP contribution in [0.2, 0.25) is 5.02 Å². The fourth-order valence-corrected chi connectivity index (χ4v) is 4.85. The lowest BCUT2D eigenvalue weighted by atomic mass is 9.95. The minimum Gasteiger partial charge on any atom is -0.368 e. The first kappa shape index (κ1) is 20.3. The summed E-state index contributed by atoms with van der Waals surface area (Å²) in [6, 6.07) is 16.1. The van der Waals surface area contributed by atoms with Crippen molar-refractivity contribution in [2.75, 3.05) is 44.2 Å². The third-order valence-corrected chi connectivity index (χ3v) is 6.78. The Morgan fingerprint density at radius 3 is 2.39 bits per heavy atom. The van der Waals surface area contributed by atoms with Crippen molar-refractivity contribution >= 4 is 34.2 Å². The molecule has 0 spiro atoms. The maximum atomic E-state index is 13.1. The van der Waals surface area contributed by atoms with Crippen LogP contribution in [0.5, 0.6) is 0 Å². The standard InChI is InChI=1S/C24H28ClN5O/c25-19-5-7-20(8-6-19)29-13-15-30(16-14-29)24(31)18-9-11-28(12-10-18)17-23-26-21-3-1-2-4-22(21)27-23/h1-8,18H,9-17H2,(H,26,27). The molecule has 0 aliphatic carbocycles. The largest absolute Gasteiger partial charge is 0.368 e. The number of fused-ring (bicyclic) bond motifs is 1. The van der Waals surface area contributed by atoms with Crippen LogP contribution in [0, 0.1) is 5.92 Å². The number of anilines is 1. The number of carbonyl (C=O) groups is 1. The van der Waals surface area contributed by atoms with Gasteiger partial charge in [0.05, 0.1) is 17.6 Å². The second-order valence-corrected chi connectivity index (χ2v) is 8.98. The minimum atomic E-state index is 0.147. The van der Waals surface area contributed by atoms with E-state index in [2.05, 4.69) is 42.9 Å². The van der Waals surface area contributed by atoms with Gasteiger partial charge in [-0.25, -0.2) is 4.98 Å². The highest BCUT2D eigenvalue weighted by Crippen LogP contribution is 2.24. The summed E-state index contributed by atoms with van der Waals surface area (Å²) < 4.78 is 0. The molecule has 0 saturated carbocycles. The average molecular weight is 438 g/mol.